The van der Waals surface area contributed by atoms with Gasteiger partial charge in [0.1, 0.15) is 0 Å². The highest BCUT2D eigenvalue weighted by atomic mass is 14.3. The maximum atomic E-state index is 3.89. The quantitative estimate of drug-likeness (QED) is 0.415. The number of hydrogen-bond acceptors (Lipinski definition) is 0. The molecule has 0 nitrogen and oxygen atoms in total. The van der Waals surface area contributed by atoms with Crippen molar-refractivity contribution in [1.82, 2.24) is 0 Å². The summed E-state index contributed by atoms with van der Waals surface area (Å²) in [7, 11) is 0. The second-order valence-corrected chi connectivity index (χ2v) is 4.52. The molecule has 0 radical (unpaired) electrons. The lowest BCUT2D eigenvalue weighted by molar-refractivity contribution is 0.458. The molecule has 76 valence electrons. The molecule has 0 spiro atoms. The summed E-state index contributed by atoms with van der Waals surface area (Å²) in [6, 6.07) is 0. The smallest absolute Gasteiger partial charge is 0.0233 e. The molecule has 0 heteroatoms. The van der Waals surface area contributed by atoms with Gasteiger partial charge in [-0.1, -0.05) is 45.1 Å². The van der Waals surface area contributed by atoms with Crippen LogP contribution in [0.25, 0.3) is 0 Å². The highest BCUT2D eigenvalue weighted by Crippen LogP contribution is 2.34. The van der Waals surface area contributed by atoms with Crippen LogP contribution in [-0.4, -0.2) is 0 Å². The van der Waals surface area contributed by atoms with Gasteiger partial charge in [-0.2, -0.15) is 0 Å². The molecule has 0 aromatic carbocycles. The minimum Gasteiger partial charge on any atom is -0.103 e. The van der Waals surface area contributed by atoms with Crippen molar-refractivity contribution in [3.8, 4) is 0 Å². The second kappa shape index (κ2) is 6.23. The van der Waals surface area contributed by atoms with Crippen molar-refractivity contribution in [1.29, 1.82) is 0 Å². The average molecular weight is 180 g/mol. The molecule has 1 fully saturated rings. The molecule has 1 aliphatic carbocycles. The Kier molecular flexibility index (Phi) is 5.19. The van der Waals surface area contributed by atoms with Crippen LogP contribution in [0.15, 0.2) is 12.7 Å². The van der Waals surface area contributed by atoms with Crippen molar-refractivity contribution in [2.75, 3.05) is 0 Å². The molecule has 0 amide bonds. The molecule has 2 atom stereocenters. The van der Waals surface area contributed by atoms with Crippen LogP contribution in [0.1, 0.15) is 58.3 Å². The van der Waals surface area contributed by atoms with E-state index in [0.717, 1.165) is 11.8 Å². The van der Waals surface area contributed by atoms with Gasteiger partial charge in [-0.3, -0.25) is 0 Å². The van der Waals surface area contributed by atoms with Crippen LogP contribution in [0, 0.1) is 11.8 Å². The standard InChI is InChI=1S/C13H24/c1-3-5-6-7-8-13-10-9-12(4-2)11-13/h4,12-13H,2-3,5-11H2,1H3. The Hall–Kier alpha value is -0.260. The highest BCUT2D eigenvalue weighted by Gasteiger charge is 2.21. The molecule has 1 rings (SSSR count). The highest BCUT2D eigenvalue weighted by molar-refractivity contribution is 4.86. The van der Waals surface area contributed by atoms with Gasteiger partial charge in [-0.05, 0) is 31.1 Å². The van der Waals surface area contributed by atoms with Crippen molar-refractivity contribution < 1.29 is 0 Å². The molecule has 0 N–H and O–H groups in total. The van der Waals surface area contributed by atoms with Crippen LogP contribution >= 0.6 is 0 Å². The fraction of sp³-hybridized carbons (Fsp3) is 0.846. The largest absolute Gasteiger partial charge is 0.103 e. The van der Waals surface area contributed by atoms with Gasteiger partial charge in [-0.15, -0.1) is 6.58 Å². The van der Waals surface area contributed by atoms with Gasteiger partial charge in [0.05, 0.1) is 0 Å². The summed E-state index contributed by atoms with van der Waals surface area (Å²) >= 11 is 0. The lowest BCUT2D eigenvalue weighted by Crippen LogP contribution is -1.94. The zero-order valence-corrected chi connectivity index (χ0v) is 9.10. The number of rotatable bonds is 6. The van der Waals surface area contributed by atoms with E-state index in [2.05, 4.69) is 19.6 Å². The van der Waals surface area contributed by atoms with E-state index in [-0.39, 0.29) is 0 Å². The predicted octanol–water partition coefficient (Wildman–Crippen LogP) is 4.56. The van der Waals surface area contributed by atoms with Gasteiger partial charge >= 0.3 is 0 Å². The first-order chi connectivity index (χ1) is 6.36. The molecule has 2 unspecified atom stereocenters. The number of hydrogen-bond donors (Lipinski definition) is 0. The zero-order valence-electron chi connectivity index (χ0n) is 9.10. The second-order valence-electron chi connectivity index (χ2n) is 4.52. The summed E-state index contributed by atoms with van der Waals surface area (Å²) in [4.78, 5) is 0. The van der Waals surface area contributed by atoms with Gasteiger partial charge in [0, 0.05) is 0 Å². The summed E-state index contributed by atoms with van der Waals surface area (Å²) in [6.07, 6.45) is 13.6. The molecule has 0 heterocycles. The Labute approximate surface area is 83.4 Å². The lowest BCUT2D eigenvalue weighted by Gasteiger charge is -2.08. The normalized spacial score (nSPS) is 27.8. The third-order valence-corrected chi connectivity index (χ3v) is 3.38. The maximum Gasteiger partial charge on any atom is -0.0233 e. The lowest BCUT2D eigenvalue weighted by atomic mass is 9.98. The Morgan fingerprint density at radius 3 is 2.69 bits per heavy atom. The van der Waals surface area contributed by atoms with Gasteiger partial charge in [0.2, 0.25) is 0 Å². The van der Waals surface area contributed by atoms with Crippen LogP contribution in [0.2, 0.25) is 0 Å². The Balaban J connectivity index is 2.00. The summed E-state index contributed by atoms with van der Waals surface area (Å²) < 4.78 is 0. The maximum absolute atomic E-state index is 3.89. The first-order valence-electron chi connectivity index (χ1n) is 5.99. The minimum atomic E-state index is 0.844. The van der Waals surface area contributed by atoms with Crippen molar-refractivity contribution in [2.45, 2.75) is 58.3 Å². The minimum absolute atomic E-state index is 0.844. The van der Waals surface area contributed by atoms with Crippen molar-refractivity contribution >= 4 is 0 Å². The van der Waals surface area contributed by atoms with E-state index in [4.69, 9.17) is 0 Å². The molecule has 0 aromatic rings. The van der Waals surface area contributed by atoms with E-state index in [1.807, 2.05) is 0 Å². The SMILES string of the molecule is C=CC1CCC(CCCCCC)C1. The fourth-order valence-electron chi connectivity index (χ4n) is 2.45. The van der Waals surface area contributed by atoms with Crippen LogP contribution < -0.4 is 0 Å². The predicted molar refractivity (Wildman–Crippen MR) is 59.8 cm³/mol. The van der Waals surface area contributed by atoms with Crippen LogP contribution in [0.3, 0.4) is 0 Å². The topological polar surface area (TPSA) is 0 Å². The van der Waals surface area contributed by atoms with Crippen LogP contribution in [-0.2, 0) is 0 Å². The van der Waals surface area contributed by atoms with Crippen molar-refractivity contribution in [2.24, 2.45) is 11.8 Å². The molecule has 0 aromatic heterocycles. The van der Waals surface area contributed by atoms with E-state index in [9.17, 15) is 0 Å². The summed E-state index contributed by atoms with van der Waals surface area (Å²) in [5.74, 6) is 1.87. The Bertz CT molecular complexity index is 137. The molecular formula is C13H24. The van der Waals surface area contributed by atoms with E-state index in [0.29, 0.717) is 0 Å². The molecular weight excluding hydrogens is 156 g/mol. The van der Waals surface area contributed by atoms with Gasteiger partial charge in [0.15, 0.2) is 0 Å². The van der Waals surface area contributed by atoms with Crippen LogP contribution in [0.5, 0.6) is 0 Å². The van der Waals surface area contributed by atoms with Gasteiger partial charge < -0.3 is 0 Å². The molecule has 13 heavy (non-hydrogen) atoms. The van der Waals surface area contributed by atoms with Crippen molar-refractivity contribution in [3.63, 3.8) is 0 Å². The first-order valence-corrected chi connectivity index (χ1v) is 5.99. The summed E-state index contributed by atoms with van der Waals surface area (Å²) in [6.45, 7) is 6.17. The molecule has 1 aliphatic rings. The van der Waals surface area contributed by atoms with E-state index >= 15 is 0 Å². The first kappa shape index (κ1) is 10.8. The Morgan fingerprint density at radius 1 is 1.23 bits per heavy atom. The monoisotopic (exact) mass is 180 g/mol. The summed E-state index contributed by atoms with van der Waals surface area (Å²) in [5, 5.41) is 0. The third kappa shape index (κ3) is 3.97. The number of unbranched alkanes of at least 4 members (excludes halogenated alkanes) is 3. The van der Waals surface area contributed by atoms with Crippen molar-refractivity contribution in [3.05, 3.63) is 12.7 Å². The van der Waals surface area contributed by atoms with E-state index in [1.165, 1.54) is 51.4 Å². The number of allylic oxidation sites excluding steroid dienone is 1. The third-order valence-electron chi connectivity index (χ3n) is 3.38. The average Bonchev–Trinajstić information content (AvgIpc) is 2.60. The fourth-order valence-corrected chi connectivity index (χ4v) is 2.45. The molecule has 0 aliphatic heterocycles. The van der Waals surface area contributed by atoms with Crippen LogP contribution in [0.4, 0.5) is 0 Å². The van der Waals surface area contributed by atoms with E-state index < -0.39 is 0 Å². The van der Waals surface area contributed by atoms with E-state index in [1.54, 1.807) is 0 Å². The molecule has 0 saturated heterocycles. The zero-order chi connectivity index (χ0) is 9.52. The molecule has 1 saturated carbocycles. The van der Waals surface area contributed by atoms with Gasteiger partial charge in [-0.25, -0.2) is 0 Å². The Morgan fingerprint density at radius 2 is 2.08 bits per heavy atom. The van der Waals surface area contributed by atoms with Gasteiger partial charge in [0.25, 0.3) is 0 Å². The molecule has 0 bridgehead atoms. The summed E-state index contributed by atoms with van der Waals surface area (Å²) in [5.41, 5.74) is 0.